The van der Waals surface area contributed by atoms with Crippen molar-refractivity contribution in [1.82, 2.24) is 20.3 Å². The van der Waals surface area contributed by atoms with Gasteiger partial charge in [0.15, 0.2) is 5.13 Å². The first-order valence-corrected chi connectivity index (χ1v) is 9.74. The van der Waals surface area contributed by atoms with Gasteiger partial charge < -0.3 is 10.2 Å². The Morgan fingerprint density at radius 1 is 1.31 bits per heavy atom. The van der Waals surface area contributed by atoms with E-state index in [4.69, 9.17) is 4.98 Å². The molecule has 0 saturated carbocycles. The van der Waals surface area contributed by atoms with E-state index in [-0.39, 0.29) is 11.9 Å². The number of aromatic nitrogens is 3. The summed E-state index contributed by atoms with van der Waals surface area (Å²) in [5.41, 5.74) is 1.89. The molecule has 1 saturated heterocycles. The first-order valence-electron chi connectivity index (χ1n) is 8.93. The van der Waals surface area contributed by atoms with Gasteiger partial charge in [0.1, 0.15) is 0 Å². The van der Waals surface area contributed by atoms with Crippen LogP contribution in [-0.4, -0.2) is 40.0 Å². The first kappa shape index (κ1) is 16.9. The van der Waals surface area contributed by atoms with Crippen LogP contribution >= 0.6 is 11.3 Å². The van der Waals surface area contributed by atoms with Gasteiger partial charge in [-0.2, -0.15) is 0 Å². The molecule has 7 heteroatoms. The van der Waals surface area contributed by atoms with Gasteiger partial charge in [-0.15, -0.1) is 0 Å². The number of carbonyl (C=O) groups is 1. The van der Waals surface area contributed by atoms with Gasteiger partial charge >= 0.3 is 0 Å². The molecule has 6 nitrogen and oxygen atoms in total. The number of nitrogens with one attached hydrogen (secondary N) is 1. The Bertz CT molecular complexity index is 849. The van der Waals surface area contributed by atoms with Crippen LogP contribution in [0.2, 0.25) is 0 Å². The van der Waals surface area contributed by atoms with Crippen LogP contribution < -0.4 is 10.2 Å². The maximum Gasteiger partial charge on any atom is 0.220 e. The van der Waals surface area contributed by atoms with Crippen LogP contribution in [0.1, 0.15) is 25.0 Å². The van der Waals surface area contributed by atoms with E-state index in [0.717, 1.165) is 42.3 Å². The smallest absolute Gasteiger partial charge is 0.220 e. The molecule has 0 radical (unpaired) electrons. The number of aryl methyl sites for hydroxylation is 1. The predicted octanol–water partition coefficient (Wildman–Crippen LogP) is 2.80. The van der Waals surface area contributed by atoms with Crippen LogP contribution in [0.25, 0.3) is 10.2 Å². The highest BCUT2D eigenvalue weighted by atomic mass is 32.1. The number of anilines is 1. The summed E-state index contributed by atoms with van der Waals surface area (Å²) in [7, 11) is 0. The minimum absolute atomic E-state index is 0.0757. The molecule has 3 aromatic rings. The lowest BCUT2D eigenvalue weighted by Gasteiger charge is -2.33. The second-order valence-electron chi connectivity index (χ2n) is 6.51. The maximum absolute atomic E-state index is 12.3. The summed E-state index contributed by atoms with van der Waals surface area (Å²) in [6.45, 7) is 1.81. The number of rotatable bonds is 5. The topological polar surface area (TPSA) is 71.0 Å². The number of carbonyl (C=O) groups excluding carboxylic acids is 1. The Labute approximate surface area is 156 Å². The second kappa shape index (κ2) is 7.78. The van der Waals surface area contributed by atoms with E-state index in [9.17, 15) is 4.79 Å². The average molecular weight is 367 g/mol. The fourth-order valence-corrected chi connectivity index (χ4v) is 4.26. The van der Waals surface area contributed by atoms with E-state index in [1.807, 2.05) is 18.2 Å². The summed E-state index contributed by atoms with van der Waals surface area (Å²) < 4.78 is 1.21. The Morgan fingerprint density at radius 3 is 3.08 bits per heavy atom. The molecule has 1 aliphatic rings. The maximum atomic E-state index is 12.3. The van der Waals surface area contributed by atoms with Crippen LogP contribution in [-0.2, 0) is 11.2 Å². The number of amides is 1. The number of hydrogen-bond acceptors (Lipinski definition) is 6. The Morgan fingerprint density at radius 2 is 2.23 bits per heavy atom. The van der Waals surface area contributed by atoms with Crippen LogP contribution in [0.15, 0.2) is 42.9 Å². The third-order valence-corrected chi connectivity index (χ3v) is 5.66. The molecule has 1 amide bonds. The normalized spacial score (nSPS) is 17.4. The van der Waals surface area contributed by atoms with Gasteiger partial charge in [0.2, 0.25) is 5.91 Å². The molecule has 1 atom stereocenters. The number of para-hydroxylation sites is 1. The van der Waals surface area contributed by atoms with Gasteiger partial charge in [-0.25, -0.2) is 4.98 Å². The first-order chi connectivity index (χ1) is 12.8. The largest absolute Gasteiger partial charge is 0.352 e. The average Bonchev–Trinajstić information content (AvgIpc) is 3.12. The standard InChI is InChI=1S/C19H21N5OS/c25-18(8-7-14-12-20-9-10-21-14)22-15-4-3-11-24(13-15)19-23-16-5-1-2-6-17(16)26-19/h1-2,5-6,9-10,12,15H,3-4,7-8,11,13H2,(H,22,25). The predicted molar refractivity (Wildman–Crippen MR) is 103 cm³/mol. The van der Waals surface area contributed by atoms with Crippen molar-refractivity contribution >= 4 is 32.6 Å². The van der Waals surface area contributed by atoms with Crippen LogP contribution in [0.3, 0.4) is 0 Å². The summed E-state index contributed by atoms with van der Waals surface area (Å²) >= 11 is 1.72. The van der Waals surface area contributed by atoms with Gasteiger partial charge in [0.25, 0.3) is 0 Å². The molecule has 1 unspecified atom stereocenters. The molecule has 26 heavy (non-hydrogen) atoms. The third-order valence-electron chi connectivity index (χ3n) is 4.56. The molecule has 1 aromatic carbocycles. The SMILES string of the molecule is O=C(CCc1cnccn1)NC1CCCN(c2nc3ccccc3s2)C1. The molecule has 2 aromatic heterocycles. The fourth-order valence-electron chi connectivity index (χ4n) is 3.26. The zero-order valence-corrected chi connectivity index (χ0v) is 15.3. The van der Waals surface area contributed by atoms with Crippen molar-refractivity contribution in [3.05, 3.63) is 48.5 Å². The zero-order chi connectivity index (χ0) is 17.8. The lowest BCUT2D eigenvalue weighted by atomic mass is 10.1. The Kier molecular flexibility index (Phi) is 5.06. The molecular formula is C19H21N5OS. The molecule has 134 valence electrons. The van der Waals surface area contributed by atoms with Gasteiger partial charge in [-0.05, 0) is 31.4 Å². The highest BCUT2D eigenvalue weighted by Gasteiger charge is 2.23. The van der Waals surface area contributed by atoms with E-state index >= 15 is 0 Å². The highest BCUT2D eigenvalue weighted by Crippen LogP contribution is 2.30. The number of hydrogen-bond donors (Lipinski definition) is 1. The van der Waals surface area contributed by atoms with Crippen molar-refractivity contribution in [2.45, 2.75) is 31.7 Å². The second-order valence-corrected chi connectivity index (χ2v) is 7.52. The van der Waals surface area contributed by atoms with Crippen molar-refractivity contribution in [1.29, 1.82) is 0 Å². The molecule has 4 rings (SSSR count). The molecule has 0 spiro atoms. The molecule has 0 bridgehead atoms. The quantitative estimate of drug-likeness (QED) is 0.751. The number of nitrogens with zero attached hydrogens (tertiary/aromatic N) is 4. The molecule has 3 heterocycles. The van der Waals surface area contributed by atoms with Gasteiger partial charge in [0, 0.05) is 44.1 Å². The van der Waals surface area contributed by atoms with Crippen molar-refractivity contribution < 1.29 is 4.79 Å². The number of fused-ring (bicyclic) bond motifs is 1. The van der Waals surface area contributed by atoms with Crippen LogP contribution in [0.5, 0.6) is 0 Å². The van der Waals surface area contributed by atoms with E-state index in [2.05, 4.69) is 26.3 Å². The molecule has 1 aliphatic heterocycles. The molecule has 0 aliphatic carbocycles. The highest BCUT2D eigenvalue weighted by molar-refractivity contribution is 7.22. The van der Waals surface area contributed by atoms with Crippen molar-refractivity contribution in [2.24, 2.45) is 0 Å². The van der Waals surface area contributed by atoms with E-state index < -0.39 is 0 Å². The van der Waals surface area contributed by atoms with Gasteiger partial charge in [0.05, 0.1) is 15.9 Å². The van der Waals surface area contributed by atoms with E-state index in [0.29, 0.717) is 12.8 Å². The summed E-state index contributed by atoms with van der Waals surface area (Å²) in [5, 5.41) is 4.22. The van der Waals surface area contributed by atoms with Crippen molar-refractivity contribution in [3.8, 4) is 0 Å². The number of thiazole rings is 1. The monoisotopic (exact) mass is 367 g/mol. The van der Waals surface area contributed by atoms with Crippen molar-refractivity contribution in [2.75, 3.05) is 18.0 Å². The zero-order valence-electron chi connectivity index (χ0n) is 14.5. The lowest BCUT2D eigenvalue weighted by molar-refractivity contribution is -0.121. The number of piperidine rings is 1. The number of benzene rings is 1. The third kappa shape index (κ3) is 3.99. The lowest BCUT2D eigenvalue weighted by Crippen LogP contribution is -2.47. The van der Waals surface area contributed by atoms with E-state index in [1.54, 1.807) is 29.9 Å². The molecule has 1 N–H and O–H groups in total. The van der Waals surface area contributed by atoms with Crippen LogP contribution in [0, 0.1) is 0 Å². The van der Waals surface area contributed by atoms with E-state index in [1.165, 1.54) is 4.70 Å². The fraction of sp³-hybridized carbons (Fsp3) is 0.368. The minimum atomic E-state index is 0.0757. The summed E-state index contributed by atoms with van der Waals surface area (Å²) in [6.07, 6.45) is 8.14. The molecule has 1 fully saturated rings. The summed E-state index contributed by atoms with van der Waals surface area (Å²) in [5.74, 6) is 0.0757. The Hall–Kier alpha value is -2.54. The van der Waals surface area contributed by atoms with Gasteiger partial charge in [-0.3, -0.25) is 14.8 Å². The van der Waals surface area contributed by atoms with Crippen molar-refractivity contribution in [3.63, 3.8) is 0 Å². The van der Waals surface area contributed by atoms with Gasteiger partial charge in [-0.1, -0.05) is 23.5 Å². The summed E-state index contributed by atoms with van der Waals surface area (Å²) in [4.78, 5) is 27.6. The Balaban J connectivity index is 1.33. The van der Waals surface area contributed by atoms with Crippen LogP contribution in [0.4, 0.5) is 5.13 Å². The molecular weight excluding hydrogens is 346 g/mol. The summed E-state index contributed by atoms with van der Waals surface area (Å²) in [6, 6.07) is 8.38. The minimum Gasteiger partial charge on any atom is -0.352 e.